The van der Waals surface area contributed by atoms with Crippen molar-refractivity contribution < 1.29 is 9.84 Å². The largest absolute Gasteiger partial charge is 0.493 e. The van der Waals surface area contributed by atoms with Crippen LogP contribution < -0.4 is 5.69 Å². The Hall–Kier alpha value is -1.97. The van der Waals surface area contributed by atoms with E-state index in [1.165, 1.54) is 30.0 Å². The Kier molecular flexibility index (Phi) is 8.36. The van der Waals surface area contributed by atoms with E-state index in [0.717, 1.165) is 23.9 Å². The van der Waals surface area contributed by atoms with Gasteiger partial charge in [0, 0.05) is 23.9 Å². The maximum Gasteiger partial charge on any atom is 0.333 e. The lowest BCUT2D eigenvalue weighted by Gasteiger charge is -2.03. The molecule has 0 aliphatic heterocycles. The van der Waals surface area contributed by atoms with Crippen molar-refractivity contribution in [1.29, 1.82) is 0 Å². The van der Waals surface area contributed by atoms with Gasteiger partial charge in [0.05, 0.1) is 18.5 Å². The normalized spacial score (nSPS) is 10.4. The predicted octanol–water partition coefficient (Wildman–Crippen LogP) is 3.58. The van der Waals surface area contributed by atoms with Crippen molar-refractivity contribution in [3.63, 3.8) is 0 Å². The molecule has 2 rings (SSSR count). The minimum Gasteiger partial charge on any atom is -0.493 e. The summed E-state index contributed by atoms with van der Waals surface area (Å²) in [7, 11) is 0. The number of hydrogen-bond acceptors (Lipinski definition) is 3. The third-order valence-corrected chi connectivity index (χ3v) is 4.20. The van der Waals surface area contributed by atoms with Gasteiger partial charge in [-0.2, -0.15) is 0 Å². The van der Waals surface area contributed by atoms with Crippen LogP contribution in [0.25, 0.3) is 5.69 Å². The van der Waals surface area contributed by atoms with E-state index in [1.807, 2.05) is 12.1 Å². The number of hydrogen-bond donors (Lipinski definition) is 2. The van der Waals surface area contributed by atoms with E-state index < -0.39 is 0 Å². The van der Waals surface area contributed by atoms with Crippen molar-refractivity contribution in [2.24, 2.45) is 0 Å². The van der Waals surface area contributed by atoms with E-state index in [2.05, 4.69) is 32.8 Å². The first-order chi connectivity index (χ1) is 12.2. The second kappa shape index (κ2) is 10.8. The van der Waals surface area contributed by atoms with Crippen LogP contribution in [0, 0.1) is 11.8 Å². The van der Waals surface area contributed by atoms with Gasteiger partial charge in [-0.15, -0.1) is 0 Å². The number of H-pyrrole nitrogens is 1. The SMILES string of the molecule is O=c1[nH]cc(O)n1-c1cccc(C#CCCOCCCCCCBr)c1. The highest BCUT2D eigenvalue weighted by molar-refractivity contribution is 9.09. The van der Waals surface area contributed by atoms with Crippen molar-refractivity contribution in [2.75, 3.05) is 18.5 Å². The van der Waals surface area contributed by atoms with E-state index >= 15 is 0 Å². The number of aromatic hydroxyl groups is 1. The maximum atomic E-state index is 11.7. The standard InChI is InChI=1S/C19H23BrN2O3/c20-11-4-1-2-5-12-25-13-6-3-8-16-9-7-10-17(14-16)22-18(23)15-21-19(22)24/h7,9-10,14-15,23H,1-2,4-6,11-13H2,(H,21,24). The number of unbranched alkanes of at least 4 members (excludes halogenated alkanes) is 3. The van der Waals surface area contributed by atoms with Crippen LogP contribution in [0.4, 0.5) is 0 Å². The molecule has 134 valence electrons. The smallest absolute Gasteiger partial charge is 0.333 e. The summed E-state index contributed by atoms with van der Waals surface area (Å²) >= 11 is 3.43. The van der Waals surface area contributed by atoms with Gasteiger partial charge in [-0.3, -0.25) is 0 Å². The molecule has 0 saturated carbocycles. The molecule has 0 fully saturated rings. The Morgan fingerprint density at radius 2 is 2.04 bits per heavy atom. The summed E-state index contributed by atoms with van der Waals surface area (Å²) < 4.78 is 6.77. The van der Waals surface area contributed by atoms with Gasteiger partial charge in [-0.1, -0.05) is 46.7 Å². The first-order valence-corrected chi connectivity index (χ1v) is 9.57. The number of rotatable bonds is 9. The van der Waals surface area contributed by atoms with Crippen LogP contribution in [0.3, 0.4) is 0 Å². The van der Waals surface area contributed by atoms with E-state index in [1.54, 1.807) is 12.1 Å². The fourth-order valence-electron chi connectivity index (χ4n) is 2.37. The molecular weight excluding hydrogens is 384 g/mol. The molecular formula is C19H23BrN2O3. The molecule has 0 aliphatic carbocycles. The number of alkyl halides is 1. The molecule has 6 heteroatoms. The molecule has 1 aromatic carbocycles. The van der Waals surface area contributed by atoms with Crippen molar-refractivity contribution in [1.82, 2.24) is 9.55 Å². The minimum atomic E-state index is -0.382. The summed E-state index contributed by atoms with van der Waals surface area (Å²) in [5, 5.41) is 10.8. The summed E-state index contributed by atoms with van der Waals surface area (Å²) in [6.45, 7) is 1.42. The van der Waals surface area contributed by atoms with Gasteiger partial charge in [0.25, 0.3) is 0 Å². The summed E-state index contributed by atoms with van der Waals surface area (Å²) in [6.07, 6.45) is 6.69. The summed E-state index contributed by atoms with van der Waals surface area (Å²) in [5.41, 5.74) is 0.988. The van der Waals surface area contributed by atoms with E-state index in [9.17, 15) is 9.90 Å². The maximum absolute atomic E-state index is 11.7. The van der Waals surface area contributed by atoms with Crippen molar-refractivity contribution in [3.05, 3.63) is 46.5 Å². The lowest BCUT2D eigenvalue weighted by molar-refractivity contribution is 0.135. The molecule has 5 nitrogen and oxygen atoms in total. The number of aromatic nitrogens is 2. The topological polar surface area (TPSA) is 67.2 Å². The van der Waals surface area contributed by atoms with Gasteiger partial charge in [0.15, 0.2) is 0 Å². The molecule has 0 radical (unpaired) electrons. The number of benzene rings is 1. The number of aromatic amines is 1. The average Bonchev–Trinajstić information content (AvgIpc) is 2.95. The van der Waals surface area contributed by atoms with Gasteiger partial charge >= 0.3 is 5.69 Å². The lowest BCUT2D eigenvalue weighted by Crippen LogP contribution is -2.14. The average molecular weight is 407 g/mol. The van der Waals surface area contributed by atoms with E-state index in [-0.39, 0.29) is 11.6 Å². The molecule has 0 atom stereocenters. The van der Waals surface area contributed by atoms with Crippen molar-refractivity contribution in [2.45, 2.75) is 32.1 Å². The first-order valence-electron chi connectivity index (χ1n) is 8.45. The van der Waals surface area contributed by atoms with E-state index in [4.69, 9.17) is 4.74 Å². The minimum absolute atomic E-state index is 0.125. The molecule has 2 N–H and O–H groups in total. The monoisotopic (exact) mass is 406 g/mol. The Morgan fingerprint density at radius 1 is 1.20 bits per heavy atom. The number of halogens is 1. The third kappa shape index (κ3) is 6.45. The zero-order chi connectivity index (χ0) is 17.9. The molecule has 25 heavy (non-hydrogen) atoms. The van der Waals surface area contributed by atoms with Crippen molar-refractivity contribution in [3.8, 4) is 23.4 Å². The molecule has 0 bridgehead atoms. The third-order valence-electron chi connectivity index (χ3n) is 3.64. The fraction of sp³-hybridized carbons (Fsp3) is 0.421. The lowest BCUT2D eigenvalue weighted by atomic mass is 10.2. The number of imidazole rings is 1. The Balaban J connectivity index is 1.78. The van der Waals surface area contributed by atoms with Gasteiger partial charge in [0.2, 0.25) is 5.88 Å². The second-order valence-corrected chi connectivity index (χ2v) is 6.40. The summed E-state index contributed by atoms with van der Waals surface area (Å²) in [4.78, 5) is 14.1. The predicted molar refractivity (Wildman–Crippen MR) is 103 cm³/mol. The molecule has 0 spiro atoms. The highest BCUT2D eigenvalue weighted by Gasteiger charge is 2.06. The number of nitrogens with zero attached hydrogens (tertiary/aromatic N) is 1. The molecule has 2 aromatic rings. The zero-order valence-corrected chi connectivity index (χ0v) is 15.7. The molecule has 0 unspecified atom stereocenters. The van der Waals surface area contributed by atoms with Crippen molar-refractivity contribution >= 4 is 15.9 Å². The zero-order valence-electron chi connectivity index (χ0n) is 14.1. The molecule has 1 aromatic heterocycles. The van der Waals surface area contributed by atoms with Crippen LogP contribution in [0.5, 0.6) is 5.88 Å². The first kappa shape index (κ1) is 19.4. The number of ether oxygens (including phenoxy) is 1. The van der Waals surface area contributed by atoms with Gasteiger partial charge in [-0.05, 0) is 31.0 Å². The molecule has 1 heterocycles. The van der Waals surface area contributed by atoms with Crippen LogP contribution in [0.15, 0.2) is 35.3 Å². The van der Waals surface area contributed by atoms with Gasteiger partial charge in [-0.25, -0.2) is 9.36 Å². The van der Waals surface area contributed by atoms with Gasteiger partial charge in [0.1, 0.15) is 0 Å². The van der Waals surface area contributed by atoms with Crippen LogP contribution in [0.2, 0.25) is 0 Å². The Morgan fingerprint density at radius 3 is 2.80 bits per heavy atom. The molecule has 0 amide bonds. The Bertz CT molecular complexity index is 771. The fourth-order valence-corrected chi connectivity index (χ4v) is 2.77. The molecule has 0 aliphatic rings. The van der Waals surface area contributed by atoms with Crippen LogP contribution in [-0.2, 0) is 4.74 Å². The quantitative estimate of drug-likeness (QED) is 0.379. The van der Waals surface area contributed by atoms with E-state index in [0.29, 0.717) is 18.7 Å². The van der Waals surface area contributed by atoms with Crippen LogP contribution >= 0.6 is 15.9 Å². The van der Waals surface area contributed by atoms with Gasteiger partial charge < -0.3 is 14.8 Å². The van der Waals surface area contributed by atoms with Crippen LogP contribution in [0.1, 0.15) is 37.7 Å². The molecule has 0 saturated heterocycles. The highest BCUT2D eigenvalue weighted by Crippen LogP contribution is 2.14. The van der Waals surface area contributed by atoms with Crippen LogP contribution in [-0.4, -0.2) is 33.2 Å². The summed E-state index contributed by atoms with van der Waals surface area (Å²) in [5.74, 6) is 6.01. The summed E-state index contributed by atoms with van der Waals surface area (Å²) in [6, 6.07) is 7.20. The second-order valence-electron chi connectivity index (χ2n) is 5.61. The highest BCUT2D eigenvalue weighted by atomic mass is 79.9. The Labute approximate surface area is 156 Å². The number of nitrogens with one attached hydrogen (secondary N) is 1.